The average molecular weight is 379 g/mol. The van der Waals surface area contributed by atoms with Crippen molar-refractivity contribution < 1.29 is 18.4 Å². The summed E-state index contributed by atoms with van der Waals surface area (Å²) in [7, 11) is 0. The van der Waals surface area contributed by atoms with Crippen LogP contribution in [0.25, 0.3) is 11.5 Å². The Labute approximate surface area is 161 Å². The monoisotopic (exact) mass is 379 g/mol. The van der Waals surface area contributed by atoms with Crippen molar-refractivity contribution in [3.63, 3.8) is 0 Å². The first kappa shape index (κ1) is 17.9. The lowest BCUT2D eigenvalue weighted by atomic mass is 9.87. The summed E-state index contributed by atoms with van der Waals surface area (Å²) >= 11 is 0. The number of carbonyl (C=O) groups excluding carboxylic acids is 2. The molecular weight excluding hydrogens is 361 g/mol. The van der Waals surface area contributed by atoms with Gasteiger partial charge in [0.15, 0.2) is 0 Å². The van der Waals surface area contributed by atoms with Gasteiger partial charge < -0.3 is 9.73 Å². The number of urea groups is 1. The van der Waals surface area contributed by atoms with E-state index >= 15 is 0 Å². The van der Waals surface area contributed by atoms with Crippen molar-refractivity contribution in [1.82, 2.24) is 15.2 Å². The van der Waals surface area contributed by atoms with E-state index in [9.17, 15) is 14.0 Å². The molecule has 1 N–H and O–H groups in total. The molecule has 1 atom stereocenters. The Bertz CT molecular complexity index is 1020. The summed E-state index contributed by atoms with van der Waals surface area (Å²) in [5, 5.41) is 2.77. The van der Waals surface area contributed by atoms with Crippen LogP contribution in [-0.2, 0) is 16.9 Å². The van der Waals surface area contributed by atoms with Crippen LogP contribution in [0, 0.1) is 5.82 Å². The zero-order valence-electron chi connectivity index (χ0n) is 15.2. The van der Waals surface area contributed by atoms with E-state index in [2.05, 4.69) is 10.3 Å². The van der Waals surface area contributed by atoms with Gasteiger partial charge in [0.25, 0.3) is 5.91 Å². The van der Waals surface area contributed by atoms with Gasteiger partial charge in [0, 0.05) is 5.56 Å². The molecule has 142 valence electrons. The zero-order valence-corrected chi connectivity index (χ0v) is 15.2. The van der Waals surface area contributed by atoms with Crippen molar-refractivity contribution >= 4 is 11.9 Å². The van der Waals surface area contributed by atoms with Crippen LogP contribution < -0.4 is 5.32 Å². The molecule has 1 fully saturated rings. The summed E-state index contributed by atoms with van der Waals surface area (Å²) in [6, 6.07) is 14.4. The lowest BCUT2D eigenvalue weighted by molar-refractivity contribution is -0.132. The van der Waals surface area contributed by atoms with Crippen LogP contribution in [0.4, 0.5) is 9.18 Å². The highest BCUT2D eigenvalue weighted by Crippen LogP contribution is 2.33. The second kappa shape index (κ2) is 6.92. The van der Waals surface area contributed by atoms with Gasteiger partial charge in [0.2, 0.25) is 5.89 Å². The molecule has 2 heterocycles. The molecule has 6 nitrogen and oxygen atoms in total. The predicted octanol–water partition coefficient (Wildman–Crippen LogP) is 3.84. The molecule has 0 radical (unpaired) electrons. The fraction of sp³-hybridized carbons (Fsp3) is 0.190. The van der Waals surface area contributed by atoms with Gasteiger partial charge in [0.05, 0.1) is 12.2 Å². The summed E-state index contributed by atoms with van der Waals surface area (Å²) in [5.41, 5.74) is 0.604. The SMILES string of the molecule is CCC1(c2ccc(F)cc2)NC(=O)N(Cc2coc(-c3ccccc3)n2)C1=O. The van der Waals surface area contributed by atoms with E-state index in [0.29, 0.717) is 23.6 Å². The van der Waals surface area contributed by atoms with Gasteiger partial charge in [-0.15, -0.1) is 0 Å². The first-order valence-corrected chi connectivity index (χ1v) is 8.93. The van der Waals surface area contributed by atoms with Gasteiger partial charge in [-0.3, -0.25) is 9.69 Å². The van der Waals surface area contributed by atoms with E-state index < -0.39 is 23.3 Å². The van der Waals surface area contributed by atoms with Crippen LogP contribution in [0.2, 0.25) is 0 Å². The van der Waals surface area contributed by atoms with Gasteiger partial charge in [-0.25, -0.2) is 14.2 Å². The highest BCUT2D eigenvalue weighted by Gasteiger charge is 2.51. The summed E-state index contributed by atoms with van der Waals surface area (Å²) in [5.74, 6) is -0.376. The Kier molecular flexibility index (Phi) is 4.43. The number of rotatable bonds is 5. The van der Waals surface area contributed by atoms with E-state index in [-0.39, 0.29) is 6.54 Å². The number of oxazole rings is 1. The number of benzene rings is 2. The maximum atomic E-state index is 13.3. The molecule has 0 bridgehead atoms. The summed E-state index contributed by atoms with van der Waals surface area (Å²) in [4.78, 5) is 31.2. The molecule has 3 amide bonds. The van der Waals surface area contributed by atoms with E-state index in [0.717, 1.165) is 10.5 Å². The van der Waals surface area contributed by atoms with Gasteiger partial charge in [0.1, 0.15) is 17.6 Å². The van der Waals surface area contributed by atoms with Crippen molar-refractivity contribution in [2.24, 2.45) is 0 Å². The number of carbonyl (C=O) groups is 2. The molecule has 1 aliphatic rings. The molecule has 0 saturated carbocycles. The minimum Gasteiger partial charge on any atom is -0.444 e. The van der Waals surface area contributed by atoms with E-state index in [1.807, 2.05) is 30.3 Å². The van der Waals surface area contributed by atoms with E-state index in [1.165, 1.54) is 30.5 Å². The summed E-state index contributed by atoms with van der Waals surface area (Å²) in [6.45, 7) is 1.79. The molecule has 1 aromatic heterocycles. The third-order valence-electron chi connectivity index (χ3n) is 4.94. The number of halogens is 1. The highest BCUT2D eigenvalue weighted by molar-refractivity contribution is 6.07. The van der Waals surface area contributed by atoms with E-state index in [1.54, 1.807) is 6.92 Å². The van der Waals surface area contributed by atoms with Crippen LogP contribution in [-0.4, -0.2) is 21.8 Å². The first-order valence-electron chi connectivity index (χ1n) is 8.93. The maximum Gasteiger partial charge on any atom is 0.325 e. The quantitative estimate of drug-likeness (QED) is 0.684. The van der Waals surface area contributed by atoms with Gasteiger partial charge >= 0.3 is 6.03 Å². The van der Waals surface area contributed by atoms with Crippen molar-refractivity contribution in [2.45, 2.75) is 25.4 Å². The molecular formula is C21H18FN3O3. The Balaban J connectivity index is 1.59. The molecule has 28 heavy (non-hydrogen) atoms. The normalized spacial score (nSPS) is 19.1. The molecule has 0 spiro atoms. The number of imide groups is 1. The van der Waals surface area contributed by atoms with Crippen molar-refractivity contribution in [1.29, 1.82) is 0 Å². The number of hydrogen-bond acceptors (Lipinski definition) is 4. The van der Waals surface area contributed by atoms with Gasteiger partial charge in [-0.2, -0.15) is 0 Å². The first-order chi connectivity index (χ1) is 13.5. The lowest BCUT2D eigenvalue weighted by Crippen LogP contribution is -2.43. The minimum atomic E-state index is -1.21. The maximum absolute atomic E-state index is 13.3. The second-order valence-corrected chi connectivity index (χ2v) is 6.60. The van der Waals surface area contributed by atoms with Crippen molar-refractivity contribution in [3.05, 3.63) is 77.9 Å². The van der Waals surface area contributed by atoms with Crippen LogP contribution >= 0.6 is 0 Å². The molecule has 1 unspecified atom stereocenters. The minimum absolute atomic E-state index is 0.00998. The lowest BCUT2D eigenvalue weighted by Gasteiger charge is -2.25. The molecule has 1 aliphatic heterocycles. The Morgan fingerprint density at radius 1 is 1.11 bits per heavy atom. The Morgan fingerprint density at radius 3 is 2.50 bits per heavy atom. The van der Waals surface area contributed by atoms with Crippen molar-refractivity contribution in [3.8, 4) is 11.5 Å². The van der Waals surface area contributed by atoms with Gasteiger partial charge in [-0.1, -0.05) is 37.3 Å². The van der Waals surface area contributed by atoms with E-state index in [4.69, 9.17) is 4.42 Å². The second-order valence-electron chi connectivity index (χ2n) is 6.60. The molecule has 1 saturated heterocycles. The zero-order chi connectivity index (χ0) is 19.7. The van der Waals surface area contributed by atoms with Crippen LogP contribution in [0.5, 0.6) is 0 Å². The summed E-state index contributed by atoms with van der Waals surface area (Å²) < 4.78 is 18.8. The predicted molar refractivity (Wildman–Crippen MR) is 99.4 cm³/mol. The number of hydrogen-bond donors (Lipinski definition) is 1. The fourth-order valence-corrected chi connectivity index (χ4v) is 3.40. The molecule has 3 aromatic rings. The van der Waals surface area contributed by atoms with Crippen LogP contribution in [0.15, 0.2) is 65.3 Å². The third-order valence-corrected chi connectivity index (χ3v) is 4.94. The Morgan fingerprint density at radius 2 is 1.82 bits per heavy atom. The van der Waals surface area contributed by atoms with Crippen LogP contribution in [0.3, 0.4) is 0 Å². The Hall–Kier alpha value is -3.48. The molecule has 2 aromatic carbocycles. The molecule has 4 rings (SSSR count). The highest BCUT2D eigenvalue weighted by atomic mass is 19.1. The smallest absolute Gasteiger partial charge is 0.325 e. The van der Waals surface area contributed by atoms with Gasteiger partial charge in [-0.05, 0) is 36.2 Å². The molecule has 7 heteroatoms. The largest absolute Gasteiger partial charge is 0.444 e. The standard InChI is InChI=1S/C21H18FN3O3/c1-2-21(15-8-10-16(22)11-9-15)19(26)25(20(27)24-21)12-17-13-28-18(23-17)14-6-4-3-5-7-14/h3-11,13H,2,12H2,1H3,(H,24,27). The third kappa shape index (κ3) is 2.94. The number of aromatic nitrogens is 1. The van der Waals surface area contributed by atoms with Crippen molar-refractivity contribution in [2.75, 3.05) is 0 Å². The number of nitrogens with one attached hydrogen (secondary N) is 1. The summed E-state index contributed by atoms with van der Waals surface area (Å²) in [6.07, 6.45) is 1.78. The van der Waals surface area contributed by atoms with Crippen LogP contribution in [0.1, 0.15) is 24.6 Å². The number of nitrogens with zero attached hydrogens (tertiary/aromatic N) is 2. The fourth-order valence-electron chi connectivity index (χ4n) is 3.40. The topological polar surface area (TPSA) is 75.4 Å². The molecule has 0 aliphatic carbocycles. The average Bonchev–Trinajstić information content (AvgIpc) is 3.28. The number of amides is 3.